The molecule has 0 radical (unpaired) electrons. The number of nitrogens with zero attached hydrogens (tertiary/aromatic N) is 2. The van der Waals surface area contributed by atoms with Gasteiger partial charge in [0.2, 0.25) is 18.6 Å². The normalized spacial score (nSPS) is 21.3. The highest BCUT2D eigenvalue weighted by Crippen LogP contribution is 2.54. The molecule has 0 aliphatic carbocycles. The van der Waals surface area contributed by atoms with Crippen LogP contribution in [0.25, 0.3) is 0 Å². The van der Waals surface area contributed by atoms with E-state index in [-0.39, 0.29) is 41.1 Å². The highest BCUT2D eigenvalue weighted by atomic mass is 32.2. The van der Waals surface area contributed by atoms with Gasteiger partial charge in [-0.05, 0) is 79.3 Å². The van der Waals surface area contributed by atoms with E-state index in [2.05, 4.69) is 25.3 Å². The van der Waals surface area contributed by atoms with Gasteiger partial charge in [-0.2, -0.15) is 0 Å². The SMILES string of the molecule is CCOP(CC)(OCC)=C(C(=O)OCOC(=O)C(C)(C)C)N1C(=O)[C@H]([C@@H](C)O[Si](C)(C)C)[C@H]1[C@@H](C)C(=O)S[C@@H]1CC(=O)N([Si](CC)(CC)CC)C1. The Kier molecular flexibility index (Phi) is 16.8. The first-order valence-corrected chi connectivity index (χ1v) is 27.2. The van der Waals surface area contributed by atoms with Crippen LogP contribution in [0.3, 0.4) is 0 Å². The lowest BCUT2D eigenvalue weighted by Crippen LogP contribution is -2.71. The van der Waals surface area contributed by atoms with Gasteiger partial charge < -0.3 is 27.5 Å². The number of esters is 2. The molecule has 2 aliphatic rings. The minimum atomic E-state index is -3.27. The maximum absolute atomic E-state index is 14.4. The fourth-order valence-corrected chi connectivity index (χ4v) is 16.2. The van der Waals surface area contributed by atoms with Gasteiger partial charge in [-0.15, -0.1) is 0 Å². The van der Waals surface area contributed by atoms with Crippen molar-refractivity contribution in [3.63, 3.8) is 0 Å². The largest absolute Gasteiger partial charge is 0.427 e. The first-order valence-electron chi connectivity index (χ1n) is 18.5. The second-order valence-corrected chi connectivity index (χ2v) is 29.2. The predicted octanol–water partition coefficient (Wildman–Crippen LogP) is 6.72. The standard InChI is InChI=1S/C35H65N2O10PSSi2/c1-15-45-48(17-3,46-16-2)31(32(40)43-23-44-34(42)35(9,10)11)37-29(28(30(37)39)25(8)47-50(12,13)14)24(7)33(41)49-26-21-27(38)36(22-26)51(18-4,19-5)20-6/h24-26,28-29H,15-23H2,1-14H3/t24-,25-,26-,28-,29-/m1/s1. The molecular weight excluding hydrogens is 728 g/mol. The van der Waals surface area contributed by atoms with Gasteiger partial charge in [0.25, 0.3) is 0 Å². The molecule has 51 heavy (non-hydrogen) atoms. The number of rotatable bonds is 19. The van der Waals surface area contributed by atoms with Crippen molar-refractivity contribution in [3.8, 4) is 0 Å². The fraction of sp³-hybridized carbons (Fsp3) is 0.829. The van der Waals surface area contributed by atoms with Crippen molar-refractivity contribution in [1.82, 2.24) is 9.47 Å². The second-order valence-electron chi connectivity index (χ2n) is 15.4. The average Bonchev–Trinajstić information content (AvgIpc) is 3.41. The van der Waals surface area contributed by atoms with Crippen LogP contribution in [0.1, 0.15) is 82.6 Å². The molecule has 0 N–H and O–H groups in total. The van der Waals surface area contributed by atoms with Crippen LogP contribution in [0.5, 0.6) is 0 Å². The molecule has 0 bridgehead atoms. The lowest BCUT2D eigenvalue weighted by atomic mass is 9.77. The van der Waals surface area contributed by atoms with Gasteiger partial charge in [0.05, 0.1) is 36.7 Å². The van der Waals surface area contributed by atoms with E-state index in [1.165, 1.54) is 16.7 Å². The first-order chi connectivity index (χ1) is 23.6. The fourth-order valence-electron chi connectivity index (χ4n) is 7.10. The van der Waals surface area contributed by atoms with Crippen molar-refractivity contribution in [2.75, 3.05) is 32.7 Å². The minimum absolute atomic E-state index is 0.0940. The van der Waals surface area contributed by atoms with Crippen molar-refractivity contribution in [1.29, 1.82) is 0 Å². The lowest BCUT2D eigenvalue weighted by Gasteiger charge is -2.53. The zero-order valence-electron chi connectivity index (χ0n) is 33.6. The summed E-state index contributed by atoms with van der Waals surface area (Å²) in [5.74, 6) is -3.23. The molecule has 16 heteroatoms. The maximum Gasteiger partial charge on any atom is 0.362 e. The summed E-state index contributed by atoms with van der Waals surface area (Å²) in [6.07, 6.45) is -0.00385. The van der Waals surface area contributed by atoms with Crippen LogP contribution in [0.15, 0.2) is 0 Å². The minimum Gasteiger partial charge on any atom is -0.427 e. The number of amides is 2. The molecule has 0 spiro atoms. The number of hydrogen-bond donors (Lipinski definition) is 0. The number of likely N-dealkylation sites (tertiary alicyclic amines) is 1. The first kappa shape index (κ1) is 45.7. The Morgan fingerprint density at radius 2 is 1.47 bits per heavy atom. The van der Waals surface area contributed by atoms with E-state index in [0.29, 0.717) is 13.0 Å². The van der Waals surface area contributed by atoms with Crippen molar-refractivity contribution < 1.29 is 46.9 Å². The molecule has 0 aromatic heterocycles. The van der Waals surface area contributed by atoms with E-state index in [9.17, 15) is 24.0 Å². The van der Waals surface area contributed by atoms with Gasteiger partial charge in [-0.1, -0.05) is 46.4 Å². The van der Waals surface area contributed by atoms with Crippen LogP contribution in [0.4, 0.5) is 0 Å². The van der Waals surface area contributed by atoms with Crippen LogP contribution >= 0.6 is 19.1 Å². The highest BCUT2D eigenvalue weighted by Gasteiger charge is 2.59. The molecule has 2 heterocycles. The van der Waals surface area contributed by atoms with Crippen LogP contribution < -0.4 is 0 Å². The molecule has 2 fully saturated rings. The third-order valence-corrected chi connectivity index (χ3v) is 20.9. The van der Waals surface area contributed by atoms with E-state index in [0.717, 1.165) is 18.1 Å². The van der Waals surface area contributed by atoms with E-state index in [4.69, 9.17) is 22.9 Å². The molecule has 294 valence electrons. The Hall–Kier alpha value is -1.49. The number of carbonyl (C=O) groups excluding carboxylic acids is 5. The summed E-state index contributed by atoms with van der Waals surface area (Å²) < 4.78 is 31.8. The van der Waals surface area contributed by atoms with E-state index in [1.807, 2.05) is 33.5 Å². The Labute approximate surface area is 313 Å². The third-order valence-electron chi connectivity index (χ3n) is 9.85. The Morgan fingerprint density at radius 3 is 1.92 bits per heavy atom. The molecule has 0 aromatic rings. The zero-order chi connectivity index (χ0) is 39.1. The van der Waals surface area contributed by atoms with E-state index in [1.54, 1.807) is 41.5 Å². The van der Waals surface area contributed by atoms with Gasteiger partial charge >= 0.3 is 11.9 Å². The molecule has 0 aromatic carbocycles. The monoisotopic (exact) mass is 792 g/mol. The second kappa shape index (κ2) is 18.7. The Bertz CT molecular complexity index is 1310. The molecule has 2 aliphatic heterocycles. The predicted molar refractivity (Wildman–Crippen MR) is 209 cm³/mol. The number of β-lactam (4-membered cyclic amide) rings is 1. The molecule has 2 amide bonds. The average molecular weight is 793 g/mol. The maximum atomic E-state index is 14.4. The third kappa shape index (κ3) is 10.6. The molecule has 2 rings (SSSR count). The topological polar surface area (TPSA) is 138 Å². The van der Waals surface area contributed by atoms with Crippen molar-refractivity contribution in [3.05, 3.63) is 0 Å². The van der Waals surface area contributed by atoms with E-state index >= 15 is 0 Å². The van der Waals surface area contributed by atoms with Crippen molar-refractivity contribution >= 4 is 69.9 Å². The summed E-state index contributed by atoms with van der Waals surface area (Å²) in [4.78, 5) is 69.9. The van der Waals surface area contributed by atoms with Crippen LogP contribution in [0.2, 0.25) is 37.8 Å². The summed E-state index contributed by atoms with van der Waals surface area (Å²) in [6.45, 7) is 26.9. The van der Waals surface area contributed by atoms with Gasteiger partial charge in [0.1, 0.15) is 0 Å². The Morgan fingerprint density at radius 1 is 0.922 bits per heavy atom. The number of thioether (sulfide) groups is 1. The van der Waals surface area contributed by atoms with Gasteiger partial charge in [0, 0.05) is 30.3 Å². The van der Waals surface area contributed by atoms with Crippen molar-refractivity contribution in [2.24, 2.45) is 17.3 Å². The van der Waals surface area contributed by atoms with Crippen LogP contribution in [-0.2, 0) is 46.9 Å². The summed E-state index contributed by atoms with van der Waals surface area (Å²) in [5.41, 5.74) is -0.918. The summed E-state index contributed by atoms with van der Waals surface area (Å²) in [7, 11) is -7.37. The number of ether oxygens (including phenoxy) is 2. The van der Waals surface area contributed by atoms with Gasteiger partial charge in [-0.3, -0.25) is 24.1 Å². The molecule has 2 saturated heterocycles. The van der Waals surface area contributed by atoms with Crippen molar-refractivity contribution in [2.45, 2.75) is 138 Å². The highest BCUT2D eigenvalue weighted by molar-refractivity contribution is 8.14. The molecule has 5 atom stereocenters. The lowest BCUT2D eigenvalue weighted by molar-refractivity contribution is -0.172. The van der Waals surface area contributed by atoms with E-state index < -0.39 is 77.9 Å². The zero-order valence-corrected chi connectivity index (χ0v) is 37.3. The Balaban J connectivity index is 2.62. The smallest absolute Gasteiger partial charge is 0.362 e. The van der Waals surface area contributed by atoms with Gasteiger partial charge in [-0.25, -0.2) is 4.79 Å². The molecular formula is C35H65N2O10PSSi2. The summed E-state index contributed by atoms with van der Waals surface area (Å²) in [5, 5.41) is -0.374. The molecule has 0 saturated carbocycles. The number of hydrogen-bond acceptors (Lipinski definition) is 11. The quantitative estimate of drug-likeness (QED) is 0.0454. The summed E-state index contributed by atoms with van der Waals surface area (Å²) >= 11 is 1.17. The molecule has 12 nitrogen and oxygen atoms in total. The van der Waals surface area contributed by atoms with Gasteiger partial charge in [0.15, 0.2) is 34.4 Å². The molecule has 0 unspecified atom stereocenters. The number of carbonyl (C=O) groups is 5. The van der Waals surface area contributed by atoms with Crippen LogP contribution in [0, 0.1) is 17.3 Å². The van der Waals surface area contributed by atoms with Crippen LogP contribution in [-0.4, -0.2) is 110 Å². The summed E-state index contributed by atoms with van der Waals surface area (Å²) in [6, 6.07) is 2.12.